The lowest BCUT2D eigenvalue weighted by molar-refractivity contribution is 0.0893. The van der Waals surface area contributed by atoms with E-state index in [-0.39, 0.29) is 17.8 Å². The van der Waals surface area contributed by atoms with Gasteiger partial charge in [0.1, 0.15) is 0 Å². The maximum Gasteiger partial charge on any atom is 0.232 e. The van der Waals surface area contributed by atoms with Gasteiger partial charge in [-0.25, -0.2) is 8.42 Å². The third kappa shape index (κ3) is 4.88. The number of benzene rings is 1. The Labute approximate surface area is 133 Å². The Morgan fingerprint density at radius 1 is 1.32 bits per heavy atom. The molecule has 0 spiro atoms. The highest BCUT2D eigenvalue weighted by Gasteiger charge is 2.19. The molecule has 0 radical (unpaired) electrons. The molecule has 1 aromatic carbocycles. The van der Waals surface area contributed by atoms with Crippen molar-refractivity contribution in [2.75, 3.05) is 35.6 Å². The van der Waals surface area contributed by atoms with Crippen molar-refractivity contribution >= 4 is 21.4 Å². The van der Waals surface area contributed by atoms with Crippen molar-refractivity contribution in [2.24, 2.45) is 5.92 Å². The van der Waals surface area contributed by atoms with Gasteiger partial charge in [0.2, 0.25) is 10.0 Å². The van der Waals surface area contributed by atoms with Gasteiger partial charge in [-0.3, -0.25) is 4.72 Å². The van der Waals surface area contributed by atoms with E-state index in [1.54, 1.807) is 7.11 Å². The number of nitrogens with one attached hydrogen (secondary N) is 1. The van der Waals surface area contributed by atoms with Crippen LogP contribution in [0.25, 0.3) is 0 Å². The molecule has 1 saturated heterocycles. The number of hydrogen-bond acceptors (Lipinski definition) is 4. The molecule has 1 aliphatic rings. The van der Waals surface area contributed by atoms with Crippen LogP contribution in [0.5, 0.6) is 0 Å². The number of rotatable bonds is 6. The first kappa shape index (κ1) is 17.1. The monoisotopic (exact) mass is 326 g/mol. The lowest BCUT2D eigenvalue weighted by Gasteiger charge is -2.33. The summed E-state index contributed by atoms with van der Waals surface area (Å²) < 4.78 is 31.9. The van der Waals surface area contributed by atoms with Gasteiger partial charge in [0, 0.05) is 31.6 Å². The standard InChI is InChI=1S/C16H26N2O3S/c1-13(2)12-22(19,20)17-14-6-8-15(9-7-14)18-10-4-5-16(11-18)21-3/h6-9,13,16-17H,4-5,10-12H2,1-3H3. The van der Waals surface area contributed by atoms with Crippen LogP contribution in [-0.2, 0) is 14.8 Å². The van der Waals surface area contributed by atoms with Crippen LogP contribution in [0, 0.1) is 5.92 Å². The highest BCUT2D eigenvalue weighted by atomic mass is 32.2. The summed E-state index contributed by atoms with van der Waals surface area (Å²) in [6.07, 6.45) is 2.49. The Morgan fingerprint density at radius 2 is 2.00 bits per heavy atom. The van der Waals surface area contributed by atoms with Crippen LogP contribution in [0.2, 0.25) is 0 Å². The van der Waals surface area contributed by atoms with Crippen molar-refractivity contribution in [3.05, 3.63) is 24.3 Å². The Balaban J connectivity index is 2.01. The molecule has 0 amide bonds. The lowest BCUT2D eigenvalue weighted by Crippen LogP contribution is -2.39. The fourth-order valence-electron chi connectivity index (χ4n) is 2.77. The van der Waals surface area contributed by atoms with Crippen molar-refractivity contribution in [1.29, 1.82) is 0 Å². The Hall–Kier alpha value is -1.27. The SMILES string of the molecule is COC1CCCN(c2ccc(NS(=O)(=O)CC(C)C)cc2)C1. The maximum atomic E-state index is 11.9. The van der Waals surface area contributed by atoms with Crippen molar-refractivity contribution in [3.8, 4) is 0 Å². The van der Waals surface area contributed by atoms with E-state index in [4.69, 9.17) is 4.74 Å². The Bertz CT molecular complexity index is 570. The molecule has 22 heavy (non-hydrogen) atoms. The Kier molecular flexibility index (Phi) is 5.69. The molecule has 124 valence electrons. The van der Waals surface area contributed by atoms with Crippen LogP contribution in [0.3, 0.4) is 0 Å². The van der Waals surface area contributed by atoms with Crippen LogP contribution in [0.4, 0.5) is 11.4 Å². The summed E-state index contributed by atoms with van der Waals surface area (Å²) in [5, 5.41) is 0. The minimum atomic E-state index is -3.27. The zero-order chi connectivity index (χ0) is 16.2. The smallest absolute Gasteiger partial charge is 0.232 e. The Morgan fingerprint density at radius 3 is 2.59 bits per heavy atom. The third-order valence-electron chi connectivity index (χ3n) is 3.77. The van der Waals surface area contributed by atoms with Gasteiger partial charge in [-0.1, -0.05) is 13.8 Å². The van der Waals surface area contributed by atoms with Crippen LogP contribution < -0.4 is 9.62 Å². The van der Waals surface area contributed by atoms with Gasteiger partial charge in [-0.2, -0.15) is 0 Å². The number of methoxy groups -OCH3 is 1. The van der Waals surface area contributed by atoms with E-state index in [9.17, 15) is 8.42 Å². The molecule has 1 atom stereocenters. The largest absolute Gasteiger partial charge is 0.380 e. The number of hydrogen-bond donors (Lipinski definition) is 1. The predicted molar refractivity (Wildman–Crippen MR) is 90.9 cm³/mol. The average Bonchev–Trinajstić information content (AvgIpc) is 2.46. The summed E-state index contributed by atoms with van der Waals surface area (Å²) in [6.45, 7) is 5.68. The molecule has 1 aromatic rings. The quantitative estimate of drug-likeness (QED) is 0.873. The molecule has 2 rings (SSSR count). The van der Waals surface area contributed by atoms with Gasteiger partial charge in [0.05, 0.1) is 11.9 Å². The lowest BCUT2D eigenvalue weighted by atomic mass is 10.1. The minimum absolute atomic E-state index is 0.108. The van der Waals surface area contributed by atoms with Crippen molar-refractivity contribution in [2.45, 2.75) is 32.8 Å². The van der Waals surface area contributed by atoms with E-state index in [2.05, 4.69) is 9.62 Å². The van der Waals surface area contributed by atoms with Gasteiger partial charge in [0.15, 0.2) is 0 Å². The summed E-state index contributed by atoms with van der Waals surface area (Å²) in [6, 6.07) is 7.57. The molecule has 1 aliphatic heterocycles. The summed E-state index contributed by atoms with van der Waals surface area (Å²) in [5.41, 5.74) is 1.72. The number of anilines is 2. The van der Waals surface area contributed by atoms with E-state index in [1.807, 2.05) is 38.1 Å². The molecule has 1 fully saturated rings. The van der Waals surface area contributed by atoms with Gasteiger partial charge in [0.25, 0.3) is 0 Å². The molecule has 0 saturated carbocycles. The average molecular weight is 326 g/mol. The zero-order valence-corrected chi connectivity index (χ0v) is 14.4. The normalized spacial score (nSPS) is 19.5. The van der Waals surface area contributed by atoms with Crippen LogP contribution >= 0.6 is 0 Å². The van der Waals surface area contributed by atoms with Crippen LogP contribution in [0.1, 0.15) is 26.7 Å². The van der Waals surface area contributed by atoms with Crippen molar-refractivity contribution in [3.63, 3.8) is 0 Å². The van der Waals surface area contributed by atoms with E-state index < -0.39 is 10.0 Å². The van der Waals surface area contributed by atoms with Crippen LogP contribution in [-0.4, -0.2) is 40.5 Å². The molecule has 0 aromatic heterocycles. The second-order valence-corrected chi connectivity index (χ2v) is 8.04. The first-order valence-electron chi connectivity index (χ1n) is 7.78. The second kappa shape index (κ2) is 7.33. The van der Waals surface area contributed by atoms with E-state index in [0.717, 1.165) is 31.6 Å². The minimum Gasteiger partial charge on any atom is -0.380 e. The van der Waals surface area contributed by atoms with Crippen molar-refractivity contribution < 1.29 is 13.2 Å². The maximum absolute atomic E-state index is 11.9. The van der Waals surface area contributed by atoms with E-state index >= 15 is 0 Å². The number of nitrogens with zero attached hydrogens (tertiary/aromatic N) is 1. The highest BCUT2D eigenvalue weighted by Crippen LogP contribution is 2.23. The highest BCUT2D eigenvalue weighted by molar-refractivity contribution is 7.92. The number of ether oxygens (including phenoxy) is 1. The van der Waals surface area contributed by atoms with Gasteiger partial charge >= 0.3 is 0 Å². The molecule has 5 nitrogen and oxygen atoms in total. The molecular formula is C16H26N2O3S. The first-order chi connectivity index (χ1) is 10.4. The molecule has 1 unspecified atom stereocenters. The van der Waals surface area contributed by atoms with Gasteiger partial charge in [-0.05, 0) is 43.0 Å². The van der Waals surface area contributed by atoms with E-state index in [1.165, 1.54) is 0 Å². The van der Waals surface area contributed by atoms with Crippen LogP contribution in [0.15, 0.2) is 24.3 Å². The van der Waals surface area contributed by atoms with Gasteiger partial charge < -0.3 is 9.64 Å². The molecule has 0 aliphatic carbocycles. The summed E-state index contributed by atoms with van der Waals surface area (Å²) >= 11 is 0. The fourth-order valence-corrected chi connectivity index (χ4v) is 4.22. The van der Waals surface area contributed by atoms with Crippen molar-refractivity contribution in [1.82, 2.24) is 0 Å². The second-order valence-electron chi connectivity index (χ2n) is 6.27. The first-order valence-corrected chi connectivity index (χ1v) is 9.43. The topological polar surface area (TPSA) is 58.6 Å². The molecular weight excluding hydrogens is 300 g/mol. The number of piperidine rings is 1. The summed E-state index contributed by atoms with van der Waals surface area (Å²) in [5.74, 6) is 0.243. The summed E-state index contributed by atoms with van der Waals surface area (Å²) in [4.78, 5) is 2.28. The van der Waals surface area contributed by atoms with E-state index in [0.29, 0.717) is 5.69 Å². The van der Waals surface area contributed by atoms with Gasteiger partial charge in [-0.15, -0.1) is 0 Å². The molecule has 6 heteroatoms. The number of sulfonamides is 1. The summed E-state index contributed by atoms with van der Waals surface area (Å²) in [7, 11) is -1.52. The molecule has 1 heterocycles. The fraction of sp³-hybridized carbons (Fsp3) is 0.625. The third-order valence-corrected chi connectivity index (χ3v) is 5.42. The zero-order valence-electron chi connectivity index (χ0n) is 13.6. The molecule has 0 bridgehead atoms. The molecule has 1 N–H and O–H groups in total. The predicted octanol–water partition coefficient (Wildman–Crippen LogP) is 2.70.